The molecule has 0 spiro atoms. The Kier molecular flexibility index (Phi) is 27.5. The third-order valence-corrected chi connectivity index (χ3v) is 3.09. The van der Waals surface area contributed by atoms with Crippen LogP contribution in [0, 0.1) is 0 Å². The highest BCUT2D eigenvalue weighted by atomic mass is 16.6. The number of hydrogen-bond donors (Lipinski definition) is 4. The van der Waals surface area contributed by atoms with Crippen molar-refractivity contribution in [2.24, 2.45) is 5.73 Å². The number of nitrogens with two attached hydrogens (primary N) is 1. The van der Waals surface area contributed by atoms with Gasteiger partial charge in [0, 0.05) is 37.9 Å². The summed E-state index contributed by atoms with van der Waals surface area (Å²) in [5.41, 5.74) is 5.29. The van der Waals surface area contributed by atoms with E-state index < -0.39 is 0 Å². The highest BCUT2D eigenvalue weighted by molar-refractivity contribution is 5.77. The van der Waals surface area contributed by atoms with E-state index in [0.29, 0.717) is 78.5 Å². The van der Waals surface area contributed by atoms with Crippen molar-refractivity contribution in [3.05, 3.63) is 0 Å². The Hall–Kier alpha value is -0.810. The average Bonchev–Trinajstić information content (AvgIpc) is 2.70. The van der Waals surface area contributed by atoms with Crippen LogP contribution in [0.5, 0.6) is 0 Å². The maximum absolute atomic E-state index is 11.3. The lowest BCUT2D eigenvalue weighted by atomic mass is 10.4. The second-order valence-electron chi connectivity index (χ2n) is 5.87. The van der Waals surface area contributed by atoms with Crippen LogP contribution in [0.25, 0.3) is 0 Å². The van der Waals surface area contributed by atoms with Crippen LogP contribution >= 0.6 is 0 Å². The molecule has 0 aromatic heterocycles. The zero-order chi connectivity index (χ0) is 21.3. The SMILES string of the molecule is CC.CC(C)NCCOCCOCCOCCOCCNCC(=O)NCCN.[HH].[HH].[HH].[HH]. The number of amides is 1. The molecule has 0 rings (SSSR count). The number of hydrogen-bond acceptors (Lipinski definition) is 8. The number of rotatable bonds is 20. The number of ether oxygens (including phenoxy) is 4. The minimum Gasteiger partial charge on any atom is -0.378 e. The molecule has 0 saturated carbocycles. The molecule has 0 radical (unpaired) electrons. The van der Waals surface area contributed by atoms with Crippen LogP contribution in [0.1, 0.15) is 33.4 Å². The van der Waals surface area contributed by atoms with Crippen LogP contribution in [-0.4, -0.2) is 97.5 Å². The monoisotopic (exact) mass is 416 g/mol. The van der Waals surface area contributed by atoms with Gasteiger partial charge in [0.25, 0.3) is 0 Å². The molecule has 28 heavy (non-hydrogen) atoms. The molecule has 0 fully saturated rings. The molecule has 178 valence electrons. The van der Waals surface area contributed by atoms with E-state index >= 15 is 0 Å². The van der Waals surface area contributed by atoms with Gasteiger partial charge in [0.2, 0.25) is 5.91 Å². The zero-order valence-electron chi connectivity index (χ0n) is 18.4. The summed E-state index contributed by atoms with van der Waals surface area (Å²) in [6, 6.07) is 0.486. The predicted molar refractivity (Wildman–Crippen MR) is 121 cm³/mol. The van der Waals surface area contributed by atoms with Crippen molar-refractivity contribution in [1.29, 1.82) is 0 Å². The van der Waals surface area contributed by atoms with Crippen molar-refractivity contribution >= 4 is 5.91 Å². The van der Waals surface area contributed by atoms with Gasteiger partial charge in [-0.25, -0.2) is 0 Å². The summed E-state index contributed by atoms with van der Waals surface area (Å²) in [7, 11) is 0. The molecule has 0 aliphatic rings. The van der Waals surface area contributed by atoms with E-state index in [-0.39, 0.29) is 18.2 Å². The normalized spacial score (nSPS) is 10.6. The first-order valence-electron chi connectivity index (χ1n) is 10.4. The molecule has 0 aliphatic carbocycles. The van der Waals surface area contributed by atoms with Gasteiger partial charge >= 0.3 is 0 Å². The first-order chi connectivity index (χ1) is 13.7. The maximum Gasteiger partial charge on any atom is 0.234 e. The number of carbonyl (C=O) groups is 1. The summed E-state index contributed by atoms with van der Waals surface area (Å²) in [6.45, 7) is 15.5. The second-order valence-corrected chi connectivity index (χ2v) is 5.87. The Morgan fingerprint density at radius 2 is 1.29 bits per heavy atom. The summed E-state index contributed by atoms with van der Waals surface area (Å²) in [5, 5.41) is 8.95. The van der Waals surface area contributed by atoms with E-state index in [4.69, 9.17) is 24.7 Å². The lowest BCUT2D eigenvalue weighted by Gasteiger charge is -2.09. The Morgan fingerprint density at radius 3 is 1.75 bits per heavy atom. The third kappa shape index (κ3) is 27.4. The van der Waals surface area contributed by atoms with Gasteiger partial charge < -0.3 is 40.6 Å². The topological polar surface area (TPSA) is 116 Å². The predicted octanol–water partition coefficient (Wildman–Crippen LogP) is 0.726. The molecule has 1 amide bonds. The molecule has 0 aliphatic heterocycles. The first-order valence-corrected chi connectivity index (χ1v) is 10.4. The van der Waals surface area contributed by atoms with Crippen molar-refractivity contribution in [3.63, 3.8) is 0 Å². The minimum absolute atomic E-state index is 0. The van der Waals surface area contributed by atoms with E-state index in [0.717, 1.165) is 6.54 Å². The molecular formula is C19H52N4O5. The molecular weight excluding hydrogens is 364 g/mol. The Morgan fingerprint density at radius 1 is 0.821 bits per heavy atom. The van der Waals surface area contributed by atoms with Crippen LogP contribution in [0.3, 0.4) is 0 Å². The van der Waals surface area contributed by atoms with Crippen molar-refractivity contribution in [2.45, 2.75) is 33.7 Å². The van der Waals surface area contributed by atoms with Gasteiger partial charge in [-0.15, -0.1) is 0 Å². The molecule has 0 aromatic carbocycles. The standard InChI is InChI=1S/C17H38N4O5.C2H6.4H2/c1-16(2)20-6-8-24-10-12-26-14-13-25-11-9-23-7-5-19-15-17(22)21-4-3-18;1-2;;;;/h16,19-20H,3-15,18H2,1-2H3,(H,21,22);1-2H3;4*1H. The smallest absolute Gasteiger partial charge is 0.234 e. The molecule has 0 heterocycles. The lowest BCUT2D eigenvalue weighted by molar-refractivity contribution is -0.120. The van der Waals surface area contributed by atoms with Crippen molar-refractivity contribution in [3.8, 4) is 0 Å². The van der Waals surface area contributed by atoms with Gasteiger partial charge in [-0.1, -0.05) is 27.7 Å². The number of carbonyl (C=O) groups excluding carboxylic acids is 1. The fraction of sp³-hybridized carbons (Fsp3) is 0.947. The Balaban J connectivity index is -0.000000273. The van der Waals surface area contributed by atoms with E-state index in [9.17, 15) is 4.79 Å². The second kappa shape index (κ2) is 26.2. The summed E-state index contributed by atoms with van der Waals surface area (Å²) >= 11 is 0. The van der Waals surface area contributed by atoms with Crippen molar-refractivity contribution in [1.82, 2.24) is 16.0 Å². The highest BCUT2D eigenvalue weighted by Crippen LogP contribution is 1.83. The van der Waals surface area contributed by atoms with E-state index in [1.165, 1.54) is 0 Å². The lowest BCUT2D eigenvalue weighted by Crippen LogP contribution is -2.37. The molecule has 9 nitrogen and oxygen atoms in total. The average molecular weight is 417 g/mol. The van der Waals surface area contributed by atoms with Crippen molar-refractivity contribution in [2.75, 3.05) is 85.6 Å². The fourth-order valence-corrected chi connectivity index (χ4v) is 1.80. The molecule has 9 heteroatoms. The van der Waals surface area contributed by atoms with Crippen molar-refractivity contribution < 1.29 is 29.4 Å². The largest absolute Gasteiger partial charge is 0.378 e. The molecule has 0 aromatic rings. The number of nitrogens with one attached hydrogen (secondary N) is 3. The molecule has 5 N–H and O–H groups in total. The highest BCUT2D eigenvalue weighted by Gasteiger charge is 1.98. The molecule has 0 bridgehead atoms. The van der Waals surface area contributed by atoms with Crippen LogP contribution in [-0.2, 0) is 23.7 Å². The van der Waals surface area contributed by atoms with Crippen LogP contribution in [0.2, 0.25) is 0 Å². The van der Waals surface area contributed by atoms with Gasteiger partial charge in [-0.3, -0.25) is 4.79 Å². The quantitative estimate of drug-likeness (QED) is 0.215. The first kappa shape index (κ1) is 29.4. The van der Waals surface area contributed by atoms with E-state index in [1.54, 1.807) is 0 Å². The molecule has 0 saturated heterocycles. The Labute approximate surface area is 177 Å². The van der Waals surface area contributed by atoms with E-state index in [2.05, 4.69) is 29.8 Å². The molecule has 0 unspecified atom stereocenters. The zero-order valence-corrected chi connectivity index (χ0v) is 18.4. The van der Waals surface area contributed by atoms with E-state index in [1.807, 2.05) is 13.8 Å². The minimum atomic E-state index is -0.0589. The van der Waals surface area contributed by atoms with Crippen LogP contribution < -0.4 is 21.7 Å². The summed E-state index contributed by atoms with van der Waals surface area (Å²) in [6.07, 6.45) is 0. The van der Waals surface area contributed by atoms with Crippen LogP contribution in [0.15, 0.2) is 0 Å². The van der Waals surface area contributed by atoms with Gasteiger partial charge in [-0.2, -0.15) is 0 Å². The Bertz CT molecular complexity index is 327. The van der Waals surface area contributed by atoms with Crippen LogP contribution in [0.4, 0.5) is 0 Å². The molecule has 0 atom stereocenters. The van der Waals surface area contributed by atoms with Gasteiger partial charge in [0.1, 0.15) is 0 Å². The summed E-state index contributed by atoms with van der Waals surface area (Å²) < 4.78 is 21.6. The third-order valence-electron chi connectivity index (χ3n) is 3.09. The van der Waals surface area contributed by atoms with Gasteiger partial charge in [0.05, 0.1) is 59.4 Å². The maximum atomic E-state index is 11.3. The summed E-state index contributed by atoms with van der Waals surface area (Å²) in [5.74, 6) is -0.0589. The fourth-order valence-electron chi connectivity index (χ4n) is 1.80. The van der Waals surface area contributed by atoms with Gasteiger partial charge in [-0.05, 0) is 0 Å². The van der Waals surface area contributed by atoms with Gasteiger partial charge in [0.15, 0.2) is 0 Å². The summed E-state index contributed by atoms with van der Waals surface area (Å²) in [4.78, 5) is 11.3.